The van der Waals surface area contributed by atoms with Gasteiger partial charge in [-0.25, -0.2) is 0 Å². The van der Waals surface area contributed by atoms with Crippen molar-refractivity contribution < 1.29 is 19.1 Å². The van der Waals surface area contributed by atoms with Gasteiger partial charge in [0.2, 0.25) is 0 Å². The lowest BCUT2D eigenvalue weighted by Gasteiger charge is -2.30. The lowest BCUT2D eigenvalue weighted by atomic mass is 10.2. The van der Waals surface area contributed by atoms with Gasteiger partial charge in [-0.05, 0) is 37.6 Å². The fourth-order valence-corrected chi connectivity index (χ4v) is 3.81. The highest BCUT2D eigenvalue weighted by Crippen LogP contribution is 2.31. The first-order valence-electron chi connectivity index (χ1n) is 10.3. The first-order chi connectivity index (χ1) is 14.1. The van der Waals surface area contributed by atoms with Crippen molar-refractivity contribution in [3.05, 3.63) is 47.8 Å². The van der Waals surface area contributed by atoms with Gasteiger partial charge in [-0.3, -0.25) is 14.5 Å². The molecule has 1 amide bonds. The molecule has 7 nitrogen and oxygen atoms in total. The van der Waals surface area contributed by atoms with Gasteiger partial charge in [0, 0.05) is 31.4 Å². The maximum absolute atomic E-state index is 12.8. The summed E-state index contributed by atoms with van der Waals surface area (Å²) in [6.45, 7) is 5.64. The molecule has 1 saturated heterocycles. The number of likely N-dealkylation sites (tertiary alicyclic amines) is 1. The SMILES string of the molecule is CCN(CC(=O)c1c[nH]c(C(=O)N2CCCC2)c1)CC1COc2ccccc2O1. The molecule has 29 heavy (non-hydrogen) atoms. The molecule has 0 saturated carbocycles. The van der Waals surface area contributed by atoms with Crippen molar-refractivity contribution in [3.63, 3.8) is 0 Å². The van der Waals surface area contributed by atoms with Gasteiger partial charge >= 0.3 is 0 Å². The van der Waals surface area contributed by atoms with Crippen LogP contribution >= 0.6 is 0 Å². The van der Waals surface area contributed by atoms with E-state index in [-0.39, 0.29) is 24.3 Å². The molecule has 0 spiro atoms. The van der Waals surface area contributed by atoms with E-state index >= 15 is 0 Å². The van der Waals surface area contributed by atoms with E-state index in [9.17, 15) is 9.59 Å². The third-order valence-electron chi connectivity index (χ3n) is 5.47. The number of likely N-dealkylation sites (N-methyl/N-ethyl adjacent to an activating group) is 1. The first-order valence-corrected chi connectivity index (χ1v) is 10.3. The van der Waals surface area contributed by atoms with E-state index in [4.69, 9.17) is 9.47 Å². The molecule has 2 aliphatic heterocycles. The molecule has 2 aliphatic rings. The van der Waals surface area contributed by atoms with Gasteiger partial charge in [-0.15, -0.1) is 0 Å². The summed E-state index contributed by atoms with van der Waals surface area (Å²) >= 11 is 0. The van der Waals surface area contributed by atoms with E-state index in [0.717, 1.165) is 44.0 Å². The third kappa shape index (κ3) is 4.45. The van der Waals surface area contributed by atoms with Crippen LogP contribution in [0.3, 0.4) is 0 Å². The largest absolute Gasteiger partial charge is 0.486 e. The van der Waals surface area contributed by atoms with Crippen molar-refractivity contribution in [3.8, 4) is 11.5 Å². The average molecular weight is 397 g/mol. The van der Waals surface area contributed by atoms with Crippen LogP contribution < -0.4 is 9.47 Å². The van der Waals surface area contributed by atoms with Crippen LogP contribution in [0.5, 0.6) is 11.5 Å². The van der Waals surface area contributed by atoms with Gasteiger partial charge in [-0.1, -0.05) is 19.1 Å². The molecule has 154 valence electrons. The van der Waals surface area contributed by atoms with E-state index in [1.807, 2.05) is 41.0 Å². The van der Waals surface area contributed by atoms with Gasteiger partial charge in [0.25, 0.3) is 5.91 Å². The number of Topliss-reactive ketones (excluding diaryl/α,β-unsaturated/α-hetero) is 1. The quantitative estimate of drug-likeness (QED) is 0.727. The van der Waals surface area contributed by atoms with E-state index in [1.54, 1.807) is 12.3 Å². The monoisotopic (exact) mass is 397 g/mol. The Kier molecular flexibility index (Phi) is 5.85. The molecule has 1 N–H and O–H groups in total. The summed E-state index contributed by atoms with van der Waals surface area (Å²) < 4.78 is 11.8. The molecule has 0 aliphatic carbocycles. The maximum Gasteiger partial charge on any atom is 0.270 e. The molecular weight excluding hydrogens is 370 g/mol. The standard InChI is InChI=1S/C22H27N3O4/c1-2-24(13-17-15-28-20-7-3-4-8-21(20)29-17)14-19(26)16-11-18(23-12-16)22(27)25-9-5-6-10-25/h3-4,7-8,11-12,17,23H,2,5-6,9-10,13-15H2,1H3. The number of para-hydroxylation sites is 2. The summed E-state index contributed by atoms with van der Waals surface area (Å²) in [6, 6.07) is 9.28. The number of H-pyrrole nitrogens is 1. The lowest BCUT2D eigenvalue weighted by Crippen LogP contribution is -2.42. The van der Waals surface area contributed by atoms with Crippen LogP contribution in [-0.2, 0) is 0 Å². The van der Waals surface area contributed by atoms with E-state index in [0.29, 0.717) is 24.4 Å². The number of carbonyl (C=O) groups excluding carboxylic acids is 2. The number of aromatic amines is 1. The van der Waals surface area contributed by atoms with Gasteiger partial charge in [-0.2, -0.15) is 0 Å². The normalized spacial score (nSPS) is 18.3. The molecule has 1 fully saturated rings. The fourth-order valence-electron chi connectivity index (χ4n) is 3.81. The zero-order chi connectivity index (χ0) is 20.2. The number of benzene rings is 1. The summed E-state index contributed by atoms with van der Waals surface area (Å²) in [5, 5.41) is 0. The average Bonchev–Trinajstić information content (AvgIpc) is 3.45. The number of hydrogen-bond donors (Lipinski definition) is 1. The van der Waals surface area contributed by atoms with Crippen molar-refractivity contribution in [2.75, 3.05) is 39.3 Å². The van der Waals surface area contributed by atoms with Crippen molar-refractivity contribution in [2.24, 2.45) is 0 Å². The molecule has 7 heteroatoms. The second-order valence-electron chi connectivity index (χ2n) is 7.55. The van der Waals surface area contributed by atoms with Crippen LogP contribution in [0.1, 0.15) is 40.6 Å². The molecular formula is C22H27N3O4. The van der Waals surface area contributed by atoms with Crippen LogP contribution in [-0.4, -0.2) is 71.9 Å². The second kappa shape index (κ2) is 8.69. The van der Waals surface area contributed by atoms with Crippen molar-refractivity contribution in [1.29, 1.82) is 0 Å². The number of hydrogen-bond acceptors (Lipinski definition) is 5. The van der Waals surface area contributed by atoms with Crippen molar-refractivity contribution in [2.45, 2.75) is 25.9 Å². The smallest absolute Gasteiger partial charge is 0.270 e. The van der Waals surface area contributed by atoms with Gasteiger partial charge < -0.3 is 19.4 Å². The minimum Gasteiger partial charge on any atom is -0.486 e. The summed E-state index contributed by atoms with van der Waals surface area (Å²) in [4.78, 5) is 32.1. The van der Waals surface area contributed by atoms with Crippen molar-refractivity contribution in [1.82, 2.24) is 14.8 Å². The molecule has 1 atom stereocenters. The fraction of sp³-hybridized carbons (Fsp3) is 0.455. The molecule has 1 aromatic carbocycles. The Labute approximate surface area is 170 Å². The Balaban J connectivity index is 1.34. The molecule has 2 aromatic rings. The number of ether oxygens (including phenoxy) is 2. The van der Waals surface area contributed by atoms with Crippen LogP contribution in [0.2, 0.25) is 0 Å². The third-order valence-corrected chi connectivity index (χ3v) is 5.47. The van der Waals surface area contributed by atoms with Crippen LogP contribution in [0.4, 0.5) is 0 Å². The minimum absolute atomic E-state index is 0.0132. The zero-order valence-electron chi connectivity index (χ0n) is 16.7. The number of nitrogens with zero attached hydrogens (tertiary/aromatic N) is 2. The van der Waals surface area contributed by atoms with Gasteiger partial charge in [0.1, 0.15) is 18.4 Å². The minimum atomic E-state index is -0.129. The summed E-state index contributed by atoms with van der Waals surface area (Å²) in [5.41, 5.74) is 1.02. The van der Waals surface area contributed by atoms with Crippen molar-refractivity contribution >= 4 is 11.7 Å². The first kappa shape index (κ1) is 19.5. The number of nitrogens with one attached hydrogen (secondary N) is 1. The Morgan fingerprint density at radius 3 is 2.72 bits per heavy atom. The van der Waals surface area contributed by atoms with Gasteiger partial charge in [0.05, 0.1) is 6.54 Å². The Bertz CT molecular complexity index is 872. The Morgan fingerprint density at radius 1 is 1.21 bits per heavy atom. The number of carbonyl (C=O) groups is 2. The Hall–Kier alpha value is -2.80. The Morgan fingerprint density at radius 2 is 1.97 bits per heavy atom. The summed E-state index contributed by atoms with van der Waals surface area (Å²) in [7, 11) is 0. The zero-order valence-corrected chi connectivity index (χ0v) is 16.7. The highest BCUT2D eigenvalue weighted by molar-refractivity contribution is 6.01. The number of ketones is 1. The second-order valence-corrected chi connectivity index (χ2v) is 7.55. The maximum atomic E-state index is 12.8. The van der Waals surface area contributed by atoms with E-state index < -0.39 is 0 Å². The van der Waals surface area contributed by atoms with E-state index in [1.165, 1.54) is 0 Å². The molecule has 1 unspecified atom stereocenters. The predicted octanol–water partition coefficient (Wildman–Crippen LogP) is 2.60. The summed E-state index contributed by atoms with van der Waals surface area (Å²) in [6.07, 6.45) is 3.59. The summed E-state index contributed by atoms with van der Waals surface area (Å²) in [5.74, 6) is 1.45. The number of fused-ring (bicyclic) bond motifs is 1. The number of amides is 1. The number of aromatic nitrogens is 1. The van der Waals surface area contributed by atoms with Crippen LogP contribution in [0.15, 0.2) is 36.5 Å². The van der Waals surface area contributed by atoms with E-state index in [2.05, 4.69) is 4.98 Å². The molecule has 0 bridgehead atoms. The molecule has 4 rings (SSSR count). The van der Waals surface area contributed by atoms with Crippen LogP contribution in [0.25, 0.3) is 0 Å². The van der Waals surface area contributed by atoms with Gasteiger partial charge in [0.15, 0.2) is 17.3 Å². The molecule has 1 aromatic heterocycles. The highest BCUT2D eigenvalue weighted by Gasteiger charge is 2.25. The molecule has 3 heterocycles. The lowest BCUT2D eigenvalue weighted by molar-refractivity contribution is 0.0573. The highest BCUT2D eigenvalue weighted by atomic mass is 16.6. The topological polar surface area (TPSA) is 74.9 Å². The van der Waals surface area contributed by atoms with Crippen LogP contribution in [0, 0.1) is 0 Å². The number of rotatable bonds is 7. The predicted molar refractivity (Wildman–Crippen MR) is 109 cm³/mol. The molecule has 0 radical (unpaired) electrons.